The van der Waals surface area contributed by atoms with Crippen molar-refractivity contribution in [2.24, 2.45) is 0 Å². The first-order valence-corrected chi connectivity index (χ1v) is 6.09. The van der Waals surface area contributed by atoms with E-state index in [-0.39, 0.29) is 5.60 Å². The first kappa shape index (κ1) is 14.5. The molecule has 1 atom stereocenters. The Morgan fingerprint density at radius 3 is 2.71 bits per heavy atom. The van der Waals surface area contributed by atoms with Crippen LogP contribution in [0, 0.1) is 12.3 Å². The Balaban J connectivity index is 2.20. The summed E-state index contributed by atoms with van der Waals surface area (Å²) in [5.41, 5.74) is -0.360. The molecule has 0 aromatic rings. The summed E-state index contributed by atoms with van der Waals surface area (Å²) < 4.78 is 10.9. The molecule has 1 saturated heterocycles. The molecule has 0 unspecified atom stereocenters. The quantitative estimate of drug-likeness (QED) is 0.688. The predicted octanol–water partition coefficient (Wildman–Crippen LogP) is 0.498. The molecule has 0 bridgehead atoms. The average Bonchev–Trinajstić information content (AvgIpc) is 2.28. The molecule has 0 aliphatic carbocycles. The zero-order chi connectivity index (χ0) is 12.7. The smallest absolute Gasteiger partial charge is 0.0900 e. The average molecular weight is 241 g/mol. The van der Waals surface area contributed by atoms with Gasteiger partial charge in [-0.05, 0) is 13.8 Å². The summed E-state index contributed by atoms with van der Waals surface area (Å²) in [4.78, 5) is 2.19. The van der Waals surface area contributed by atoms with Gasteiger partial charge in [0.05, 0.1) is 31.5 Å². The van der Waals surface area contributed by atoms with Crippen molar-refractivity contribution >= 4 is 0 Å². The Bertz CT molecular complexity index is 254. The van der Waals surface area contributed by atoms with Crippen molar-refractivity contribution in [3.8, 4) is 12.3 Å². The van der Waals surface area contributed by atoms with Gasteiger partial charge in [0.15, 0.2) is 0 Å². The van der Waals surface area contributed by atoms with E-state index in [0.717, 1.165) is 26.3 Å². The molecule has 1 heterocycles. The zero-order valence-corrected chi connectivity index (χ0v) is 10.8. The lowest BCUT2D eigenvalue weighted by Gasteiger charge is -2.30. The highest BCUT2D eigenvalue weighted by molar-refractivity contribution is 4.92. The molecule has 0 saturated carbocycles. The summed E-state index contributed by atoms with van der Waals surface area (Å²) in [6.07, 6.45) is 5.34. The molecule has 0 aromatic carbocycles. The van der Waals surface area contributed by atoms with E-state index in [1.54, 1.807) is 0 Å². The number of morpholine rings is 1. The van der Waals surface area contributed by atoms with Gasteiger partial charge < -0.3 is 14.6 Å². The highest BCUT2D eigenvalue weighted by Gasteiger charge is 2.20. The maximum atomic E-state index is 9.87. The SMILES string of the molecule is C#CCC(C)(C)OC[C@@H](O)CN1CCOCC1. The Kier molecular flexibility index (Phi) is 5.93. The van der Waals surface area contributed by atoms with Gasteiger partial charge >= 0.3 is 0 Å². The summed E-state index contributed by atoms with van der Waals surface area (Å²) in [6.45, 7) is 8.09. The second-order valence-electron chi connectivity index (χ2n) is 5.02. The topological polar surface area (TPSA) is 41.9 Å². The van der Waals surface area contributed by atoms with Crippen LogP contribution in [0.4, 0.5) is 0 Å². The minimum atomic E-state index is -0.467. The fraction of sp³-hybridized carbons (Fsp3) is 0.846. The fourth-order valence-electron chi connectivity index (χ4n) is 1.75. The minimum Gasteiger partial charge on any atom is -0.389 e. The Morgan fingerprint density at radius 2 is 2.12 bits per heavy atom. The Hall–Kier alpha value is -0.600. The van der Waals surface area contributed by atoms with Crippen LogP contribution in [0.15, 0.2) is 0 Å². The van der Waals surface area contributed by atoms with Gasteiger partial charge in [0, 0.05) is 26.1 Å². The molecular formula is C13H23NO3. The minimum absolute atomic E-state index is 0.325. The largest absolute Gasteiger partial charge is 0.389 e. The molecule has 98 valence electrons. The maximum Gasteiger partial charge on any atom is 0.0900 e. The van der Waals surface area contributed by atoms with E-state index in [1.165, 1.54) is 0 Å². The van der Waals surface area contributed by atoms with Crippen LogP contribution >= 0.6 is 0 Å². The van der Waals surface area contributed by atoms with Gasteiger partial charge in [-0.3, -0.25) is 4.90 Å². The van der Waals surface area contributed by atoms with Crippen molar-refractivity contribution < 1.29 is 14.6 Å². The van der Waals surface area contributed by atoms with Crippen LogP contribution in [0.5, 0.6) is 0 Å². The molecule has 4 heteroatoms. The zero-order valence-electron chi connectivity index (χ0n) is 10.8. The molecule has 1 fully saturated rings. The van der Waals surface area contributed by atoms with Gasteiger partial charge in [-0.25, -0.2) is 0 Å². The number of hydrogen-bond acceptors (Lipinski definition) is 4. The van der Waals surface area contributed by atoms with Crippen molar-refractivity contribution in [3.05, 3.63) is 0 Å². The van der Waals surface area contributed by atoms with Crippen LogP contribution in [0.25, 0.3) is 0 Å². The third kappa shape index (κ3) is 6.04. The summed E-state index contributed by atoms with van der Waals surface area (Å²) in [7, 11) is 0. The molecule has 0 amide bonds. The van der Waals surface area contributed by atoms with Crippen LogP contribution in [0.1, 0.15) is 20.3 Å². The van der Waals surface area contributed by atoms with Crippen LogP contribution < -0.4 is 0 Å². The number of hydrogen-bond donors (Lipinski definition) is 1. The van der Waals surface area contributed by atoms with E-state index in [0.29, 0.717) is 19.6 Å². The Morgan fingerprint density at radius 1 is 1.47 bits per heavy atom. The number of terminal acetylenes is 1. The van der Waals surface area contributed by atoms with Gasteiger partial charge in [0.1, 0.15) is 0 Å². The molecule has 1 rings (SSSR count). The van der Waals surface area contributed by atoms with Gasteiger partial charge in [0.25, 0.3) is 0 Å². The van der Waals surface area contributed by atoms with E-state index in [9.17, 15) is 5.11 Å². The van der Waals surface area contributed by atoms with Crippen molar-refractivity contribution in [1.29, 1.82) is 0 Å². The molecule has 1 N–H and O–H groups in total. The molecule has 0 spiro atoms. The number of nitrogens with zero attached hydrogens (tertiary/aromatic N) is 1. The molecule has 1 aliphatic rings. The number of β-amino-alcohol motifs (C(OH)–C–C–N with tert-alkyl or cyclic N) is 1. The van der Waals surface area contributed by atoms with E-state index in [4.69, 9.17) is 15.9 Å². The lowest BCUT2D eigenvalue weighted by molar-refractivity contribution is -0.0692. The number of rotatable bonds is 6. The van der Waals surface area contributed by atoms with E-state index in [2.05, 4.69) is 10.8 Å². The lowest BCUT2D eigenvalue weighted by atomic mass is 10.1. The van der Waals surface area contributed by atoms with Gasteiger partial charge in [-0.2, -0.15) is 0 Å². The second-order valence-corrected chi connectivity index (χ2v) is 5.02. The van der Waals surface area contributed by atoms with Crippen molar-refractivity contribution in [3.63, 3.8) is 0 Å². The third-order valence-electron chi connectivity index (χ3n) is 2.77. The third-order valence-corrected chi connectivity index (χ3v) is 2.77. The normalized spacial score (nSPS) is 19.9. The van der Waals surface area contributed by atoms with Crippen molar-refractivity contribution in [2.45, 2.75) is 32.0 Å². The molecule has 17 heavy (non-hydrogen) atoms. The van der Waals surface area contributed by atoms with Gasteiger partial charge in [-0.15, -0.1) is 12.3 Å². The molecule has 1 aliphatic heterocycles. The summed E-state index contributed by atoms with van der Waals surface area (Å²) >= 11 is 0. The first-order valence-electron chi connectivity index (χ1n) is 6.09. The first-order chi connectivity index (χ1) is 8.03. The van der Waals surface area contributed by atoms with Crippen molar-refractivity contribution in [1.82, 2.24) is 4.90 Å². The van der Waals surface area contributed by atoms with E-state index >= 15 is 0 Å². The molecule has 4 nitrogen and oxygen atoms in total. The lowest BCUT2D eigenvalue weighted by Crippen LogP contribution is -2.43. The molecular weight excluding hydrogens is 218 g/mol. The number of aliphatic hydroxyl groups is 1. The summed E-state index contributed by atoms with van der Waals surface area (Å²) in [6, 6.07) is 0. The number of ether oxygens (including phenoxy) is 2. The van der Waals surface area contributed by atoms with Crippen LogP contribution in [-0.4, -0.2) is 61.2 Å². The van der Waals surface area contributed by atoms with Crippen LogP contribution in [0.3, 0.4) is 0 Å². The maximum absolute atomic E-state index is 9.87. The molecule has 0 radical (unpaired) electrons. The predicted molar refractivity (Wildman–Crippen MR) is 66.7 cm³/mol. The standard InChI is InChI=1S/C13H23NO3/c1-4-5-13(2,3)17-11-12(15)10-14-6-8-16-9-7-14/h1,12,15H,5-11H2,2-3H3/t12-/m0/s1. The highest BCUT2D eigenvalue weighted by Crippen LogP contribution is 2.14. The highest BCUT2D eigenvalue weighted by atomic mass is 16.5. The summed E-state index contributed by atoms with van der Waals surface area (Å²) in [5, 5.41) is 9.87. The number of aliphatic hydroxyl groups excluding tert-OH is 1. The van der Waals surface area contributed by atoms with Crippen molar-refractivity contribution in [2.75, 3.05) is 39.5 Å². The second kappa shape index (κ2) is 6.97. The van der Waals surface area contributed by atoms with Gasteiger partial charge in [0.2, 0.25) is 0 Å². The monoisotopic (exact) mass is 241 g/mol. The van der Waals surface area contributed by atoms with E-state index < -0.39 is 6.10 Å². The Labute approximate surface area is 104 Å². The summed E-state index contributed by atoms with van der Waals surface area (Å²) in [5.74, 6) is 2.58. The van der Waals surface area contributed by atoms with E-state index in [1.807, 2.05) is 13.8 Å². The molecule has 0 aromatic heterocycles. The van der Waals surface area contributed by atoms with Crippen LogP contribution in [-0.2, 0) is 9.47 Å². The van der Waals surface area contributed by atoms with Gasteiger partial charge in [-0.1, -0.05) is 0 Å². The van der Waals surface area contributed by atoms with Crippen LogP contribution in [0.2, 0.25) is 0 Å². The fourth-order valence-corrected chi connectivity index (χ4v) is 1.75.